The molecule has 1 heterocycles. The third-order valence-corrected chi connectivity index (χ3v) is 5.70. The molecule has 4 aromatic rings. The van der Waals surface area contributed by atoms with Crippen LogP contribution < -0.4 is 5.43 Å². The number of benzene rings is 3. The molecule has 1 aromatic heterocycles. The maximum Gasteiger partial charge on any atom is 0.242 e. The van der Waals surface area contributed by atoms with Gasteiger partial charge in [-0.15, -0.1) is 0 Å². The Hall–Kier alpha value is -3.58. The van der Waals surface area contributed by atoms with Gasteiger partial charge in [-0.25, -0.2) is 8.78 Å². The second-order valence-corrected chi connectivity index (χ2v) is 8.32. The van der Waals surface area contributed by atoms with Crippen LogP contribution in [0.1, 0.15) is 5.56 Å². The summed E-state index contributed by atoms with van der Waals surface area (Å²) in [4.78, 5) is 30.0. The molecule has 33 heavy (non-hydrogen) atoms. The van der Waals surface area contributed by atoms with Crippen LogP contribution >= 0.6 is 0 Å². The molecule has 0 spiro atoms. The fraction of sp³-hybridized carbons (Fsp3) is 0.231. The number of aromatic nitrogens is 1. The molecule has 0 aliphatic heterocycles. The lowest BCUT2D eigenvalue weighted by Gasteiger charge is -2.26. The zero-order valence-corrected chi connectivity index (χ0v) is 18.6. The third kappa shape index (κ3) is 4.78. The van der Waals surface area contributed by atoms with Crippen LogP contribution in [0, 0.1) is 11.6 Å². The standard InChI is InChI=1S/C26H25F2N3O2/c1-29(2)13-14-30(16-18-11-12-21(27)22(28)15-18)25(32)17-31-23-9-5-3-7-19(23)26(33)20-8-4-6-10-24(20)31/h3-12,15H,13-14,16-17H2,1-2H3. The smallest absolute Gasteiger partial charge is 0.242 e. The normalized spacial score (nSPS) is 11.4. The second-order valence-electron chi connectivity index (χ2n) is 8.32. The van der Waals surface area contributed by atoms with Crippen molar-refractivity contribution in [3.05, 3.63) is 94.2 Å². The molecule has 5 nitrogen and oxygen atoms in total. The second kappa shape index (κ2) is 9.50. The molecule has 0 bridgehead atoms. The van der Waals surface area contributed by atoms with E-state index in [1.165, 1.54) is 6.07 Å². The Kier molecular flexibility index (Phi) is 6.51. The van der Waals surface area contributed by atoms with Crippen LogP contribution in [0.2, 0.25) is 0 Å². The molecule has 4 rings (SSSR count). The molecule has 0 radical (unpaired) electrons. The number of nitrogens with zero attached hydrogens (tertiary/aromatic N) is 3. The van der Waals surface area contributed by atoms with Crippen molar-refractivity contribution in [1.82, 2.24) is 14.4 Å². The number of hydrogen-bond acceptors (Lipinski definition) is 3. The molecular weight excluding hydrogens is 424 g/mol. The van der Waals surface area contributed by atoms with Crippen molar-refractivity contribution in [2.45, 2.75) is 13.1 Å². The summed E-state index contributed by atoms with van der Waals surface area (Å²) in [5, 5.41) is 1.09. The van der Waals surface area contributed by atoms with Crippen molar-refractivity contribution in [3.8, 4) is 0 Å². The summed E-state index contributed by atoms with van der Waals surface area (Å²) >= 11 is 0. The van der Waals surface area contributed by atoms with E-state index >= 15 is 0 Å². The van der Waals surface area contributed by atoms with Crippen molar-refractivity contribution < 1.29 is 13.6 Å². The lowest BCUT2D eigenvalue weighted by atomic mass is 10.1. The third-order valence-electron chi connectivity index (χ3n) is 5.70. The number of rotatable bonds is 7. The van der Waals surface area contributed by atoms with Gasteiger partial charge in [0, 0.05) is 30.4 Å². The average molecular weight is 450 g/mol. The van der Waals surface area contributed by atoms with Gasteiger partial charge in [0.25, 0.3) is 0 Å². The molecule has 170 valence electrons. The number of pyridine rings is 1. The maximum atomic E-state index is 13.8. The van der Waals surface area contributed by atoms with Gasteiger partial charge in [0.15, 0.2) is 17.1 Å². The van der Waals surface area contributed by atoms with E-state index in [1.54, 1.807) is 29.2 Å². The Balaban J connectivity index is 1.73. The highest BCUT2D eigenvalue weighted by Crippen LogP contribution is 2.20. The largest absolute Gasteiger partial charge is 0.336 e. The first-order valence-electron chi connectivity index (χ1n) is 10.7. The summed E-state index contributed by atoms with van der Waals surface area (Å²) in [6, 6.07) is 18.1. The van der Waals surface area contributed by atoms with Crippen molar-refractivity contribution in [2.75, 3.05) is 27.2 Å². The van der Waals surface area contributed by atoms with Crippen molar-refractivity contribution in [2.24, 2.45) is 0 Å². The molecule has 0 atom stereocenters. The number of likely N-dealkylation sites (N-methyl/N-ethyl adjacent to an activating group) is 1. The van der Waals surface area contributed by atoms with E-state index in [0.29, 0.717) is 40.5 Å². The van der Waals surface area contributed by atoms with Crippen LogP contribution in [0.3, 0.4) is 0 Å². The fourth-order valence-electron chi connectivity index (χ4n) is 3.95. The minimum atomic E-state index is -0.940. The molecule has 0 saturated heterocycles. The molecule has 7 heteroatoms. The van der Waals surface area contributed by atoms with Gasteiger partial charge in [-0.3, -0.25) is 9.59 Å². The Morgan fingerprint density at radius 3 is 2.03 bits per heavy atom. The first kappa shape index (κ1) is 22.6. The highest BCUT2D eigenvalue weighted by Gasteiger charge is 2.19. The number of carbonyl (C=O) groups excluding carboxylic acids is 1. The van der Waals surface area contributed by atoms with E-state index in [2.05, 4.69) is 0 Å². The van der Waals surface area contributed by atoms with Crippen molar-refractivity contribution in [3.63, 3.8) is 0 Å². The Morgan fingerprint density at radius 2 is 1.45 bits per heavy atom. The van der Waals surface area contributed by atoms with E-state index in [-0.39, 0.29) is 24.4 Å². The van der Waals surface area contributed by atoms with Crippen LogP contribution in [-0.4, -0.2) is 47.5 Å². The number of amides is 1. The number of para-hydroxylation sites is 2. The topological polar surface area (TPSA) is 45.5 Å². The molecule has 0 aliphatic rings. The van der Waals surface area contributed by atoms with E-state index in [4.69, 9.17) is 0 Å². The first-order chi connectivity index (χ1) is 15.8. The Bertz CT molecular complexity index is 1320. The maximum absolute atomic E-state index is 13.8. The molecule has 0 unspecified atom stereocenters. The zero-order chi connectivity index (χ0) is 23.5. The van der Waals surface area contributed by atoms with Crippen LogP contribution in [-0.2, 0) is 17.9 Å². The molecular formula is C26H25F2N3O2. The molecule has 0 saturated carbocycles. The number of carbonyl (C=O) groups is 1. The van der Waals surface area contributed by atoms with Crippen LogP contribution in [0.15, 0.2) is 71.5 Å². The van der Waals surface area contributed by atoms with Crippen molar-refractivity contribution in [1.29, 1.82) is 0 Å². The predicted molar refractivity (Wildman–Crippen MR) is 126 cm³/mol. The molecule has 0 aliphatic carbocycles. The predicted octanol–water partition coefficient (Wildman–Crippen LogP) is 4.02. The molecule has 0 fully saturated rings. The summed E-state index contributed by atoms with van der Waals surface area (Å²) in [6.45, 7) is 1.19. The summed E-state index contributed by atoms with van der Waals surface area (Å²) in [6.07, 6.45) is 0. The number of fused-ring (bicyclic) bond motifs is 2. The van der Waals surface area contributed by atoms with Gasteiger partial charge in [0.05, 0.1) is 11.0 Å². The minimum Gasteiger partial charge on any atom is -0.336 e. The minimum absolute atomic E-state index is 0.0123. The number of hydrogen-bond donors (Lipinski definition) is 0. The van der Waals surface area contributed by atoms with Crippen LogP contribution in [0.25, 0.3) is 21.8 Å². The van der Waals surface area contributed by atoms with E-state index in [9.17, 15) is 18.4 Å². The van der Waals surface area contributed by atoms with E-state index in [1.807, 2.05) is 47.8 Å². The van der Waals surface area contributed by atoms with Gasteiger partial charge in [0.2, 0.25) is 5.91 Å². The summed E-state index contributed by atoms with van der Waals surface area (Å²) in [7, 11) is 3.81. The summed E-state index contributed by atoms with van der Waals surface area (Å²) < 4.78 is 29.0. The molecule has 1 amide bonds. The van der Waals surface area contributed by atoms with Gasteiger partial charge in [-0.05, 0) is 56.1 Å². The van der Waals surface area contributed by atoms with Gasteiger partial charge < -0.3 is 14.4 Å². The van der Waals surface area contributed by atoms with Gasteiger partial charge in [-0.1, -0.05) is 30.3 Å². The monoisotopic (exact) mass is 449 g/mol. The lowest BCUT2D eigenvalue weighted by molar-refractivity contribution is -0.132. The number of halogens is 2. The molecule has 3 aromatic carbocycles. The van der Waals surface area contributed by atoms with Gasteiger partial charge in [-0.2, -0.15) is 0 Å². The van der Waals surface area contributed by atoms with Gasteiger partial charge >= 0.3 is 0 Å². The zero-order valence-electron chi connectivity index (χ0n) is 18.6. The summed E-state index contributed by atoms with van der Waals surface area (Å²) in [5.74, 6) is -2.04. The highest BCUT2D eigenvalue weighted by atomic mass is 19.2. The average Bonchev–Trinajstić information content (AvgIpc) is 2.81. The fourth-order valence-corrected chi connectivity index (χ4v) is 3.95. The molecule has 0 N–H and O–H groups in total. The van der Waals surface area contributed by atoms with Crippen LogP contribution in [0.4, 0.5) is 8.78 Å². The van der Waals surface area contributed by atoms with Crippen molar-refractivity contribution >= 4 is 27.7 Å². The SMILES string of the molecule is CN(C)CCN(Cc1ccc(F)c(F)c1)C(=O)Cn1c2ccccc2c(=O)c2ccccc21. The lowest BCUT2D eigenvalue weighted by Crippen LogP contribution is -2.38. The van der Waals surface area contributed by atoms with E-state index < -0.39 is 11.6 Å². The Labute approximate surface area is 190 Å². The quantitative estimate of drug-likeness (QED) is 0.401. The van der Waals surface area contributed by atoms with Crippen LogP contribution in [0.5, 0.6) is 0 Å². The Morgan fingerprint density at radius 1 is 0.848 bits per heavy atom. The highest BCUT2D eigenvalue weighted by molar-refractivity contribution is 5.94. The summed E-state index contributed by atoms with van der Waals surface area (Å²) in [5.41, 5.74) is 1.79. The first-order valence-corrected chi connectivity index (χ1v) is 10.7. The van der Waals surface area contributed by atoms with E-state index in [0.717, 1.165) is 12.1 Å². The van der Waals surface area contributed by atoms with Gasteiger partial charge in [0.1, 0.15) is 6.54 Å².